The third-order valence-electron chi connectivity index (χ3n) is 3.21. The first-order valence-electron chi connectivity index (χ1n) is 6.43. The maximum Gasteiger partial charge on any atom is 0.0519 e. The number of hydrogen-bond donors (Lipinski definition) is 1. The number of rotatable bonds is 10. The Morgan fingerprint density at radius 1 is 1.07 bits per heavy atom. The average Bonchev–Trinajstić information content (AvgIpc) is 2.27. The summed E-state index contributed by atoms with van der Waals surface area (Å²) in [7, 11) is 0. The van der Waals surface area contributed by atoms with Crippen LogP contribution in [0.4, 0.5) is 0 Å². The predicted molar refractivity (Wildman–Crippen MR) is 68.0 cm³/mol. The molecule has 1 unspecified atom stereocenters. The highest BCUT2D eigenvalue weighted by Gasteiger charge is 2.17. The highest BCUT2D eigenvalue weighted by atomic mass is 16.3. The van der Waals surface area contributed by atoms with Crippen molar-refractivity contribution in [3.8, 4) is 0 Å². The highest BCUT2D eigenvalue weighted by Crippen LogP contribution is 2.25. The van der Waals surface area contributed by atoms with Crippen LogP contribution < -0.4 is 0 Å². The van der Waals surface area contributed by atoms with Gasteiger partial charge in [0.25, 0.3) is 0 Å². The largest absolute Gasteiger partial charge is 0.395 e. The molecule has 0 saturated heterocycles. The van der Waals surface area contributed by atoms with Gasteiger partial charge in [-0.1, -0.05) is 64.9 Å². The zero-order chi connectivity index (χ0) is 11.6. The molecule has 0 saturated carbocycles. The van der Waals surface area contributed by atoms with E-state index in [4.69, 9.17) is 0 Å². The fraction of sp³-hybridized carbons (Fsp3) is 0.857. The summed E-state index contributed by atoms with van der Waals surface area (Å²) in [5, 5.41) is 9.19. The Bertz CT molecular complexity index is 153. The molecule has 1 nitrogen and oxygen atoms in total. The molecule has 0 fully saturated rings. The molecule has 0 rings (SSSR count). The minimum Gasteiger partial charge on any atom is -0.395 e. The second-order valence-electron chi connectivity index (χ2n) is 4.89. The van der Waals surface area contributed by atoms with Crippen LogP contribution in [0.1, 0.15) is 65.2 Å². The molecule has 0 heterocycles. The van der Waals surface area contributed by atoms with Crippen molar-refractivity contribution in [2.45, 2.75) is 65.2 Å². The molecule has 0 aromatic carbocycles. The lowest BCUT2D eigenvalue weighted by Gasteiger charge is -2.22. The van der Waals surface area contributed by atoms with Crippen LogP contribution in [0.2, 0.25) is 0 Å². The van der Waals surface area contributed by atoms with Gasteiger partial charge in [0.2, 0.25) is 0 Å². The summed E-state index contributed by atoms with van der Waals surface area (Å²) in [6, 6.07) is 0. The SMILES string of the molecule is C=CC(C)(CO)CCCCCCCCC. The maximum atomic E-state index is 9.19. The number of aliphatic hydroxyl groups is 1. The first-order valence-corrected chi connectivity index (χ1v) is 6.43. The lowest BCUT2D eigenvalue weighted by molar-refractivity contribution is 0.172. The first-order chi connectivity index (χ1) is 7.18. The Morgan fingerprint density at radius 2 is 1.60 bits per heavy atom. The van der Waals surface area contributed by atoms with Crippen LogP contribution in [-0.4, -0.2) is 11.7 Å². The normalized spacial score (nSPS) is 14.9. The molecule has 1 atom stereocenters. The number of unbranched alkanes of at least 4 members (excludes halogenated alkanes) is 6. The zero-order valence-electron chi connectivity index (χ0n) is 10.6. The molecule has 0 aliphatic carbocycles. The summed E-state index contributed by atoms with van der Waals surface area (Å²) in [6.45, 7) is 8.34. The van der Waals surface area contributed by atoms with Crippen molar-refractivity contribution in [1.82, 2.24) is 0 Å². The second kappa shape index (κ2) is 8.96. The monoisotopic (exact) mass is 212 g/mol. The Morgan fingerprint density at radius 3 is 2.07 bits per heavy atom. The van der Waals surface area contributed by atoms with Crippen LogP contribution in [0.25, 0.3) is 0 Å². The van der Waals surface area contributed by atoms with Gasteiger partial charge in [-0.3, -0.25) is 0 Å². The van der Waals surface area contributed by atoms with Crippen molar-refractivity contribution in [2.75, 3.05) is 6.61 Å². The van der Waals surface area contributed by atoms with E-state index in [1.165, 1.54) is 44.9 Å². The molecule has 0 spiro atoms. The third-order valence-corrected chi connectivity index (χ3v) is 3.21. The van der Waals surface area contributed by atoms with Gasteiger partial charge in [0.15, 0.2) is 0 Å². The van der Waals surface area contributed by atoms with E-state index >= 15 is 0 Å². The zero-order valence-corrected chi connectivity index (χ0v) is 10.6. The molecule has 0 aromatic rings. The van der Waals surface area contributed by atoms with Crippen LogP contribution in [0.15, 0.2) is 12.7 Å². The van der Waals surface area contributed by atoms with Gasteiger partial charge in [0, 0.05) is 5.41 Å². The van der Waals surface area contributed by atoms with Gasteiger partial charge in [-0.25, -0.2) is 0 Å². The molecule has 15 heavy (non-hydrogen) atoms. The molecule has 0 aliphatic rings. The summed E-state index contributed by atoms with van der Waals surface area (Å²) < 4.78 is 0. The smallest absolute Gasteiger partial charge is 0.0519 e. The standard InChI is InChI=1S/C14H28O/c1-4-6-7-8-9-10-11-12-14(3,5-2)13-15/h5,15H,2,4,6-13H2,1,3H3. The highest BCUT2D eigenvalue weighted by molar-refractivity contribution is 4.90. The molecule has 1 N–H and O–H groups in total. The average molecular weight is 212 g/mol. The Balaban J connectivity index is 3.33. The van der Waals surface area contributed by atoms with Gasteiger partial charge < -0.3 is 5.11 Å². The summed E-state index contributed by atoms with van der Waals surface area (Å²) in [5.41, 5.74) is -0.0522. The molecule has 0 bridgehead atoms. The molecule has 0 amide bonds. The summed E-state index contributed by atoms with van der Waals surface area (Å²) in [4.78, 5) is 0. The van der Waals surface area contributed by atoms with Crippen molar-refractivity contribution in [2.24, 2.45) is 5.41 Å². The molecule has 90 valence electrons. The van der Waals surface area contributed by atoms with Gasteiger partial charge in [-0.2, -0.15) is 0 Å². The second-order valence-corrected chi connectivity index (χ2v) is 4.89. The van der Waals surface area contributed by atoms with Crippen molar-refractivity contribution < 1.29 is 5.11 Å². The minimum absolute atomic E-state index is 0.0522. The lowest BCUT2D eigenvalue weighted by atomic mass is 9.85. The van der Waals surface area contributed by atoms with Crippen LogP contribution in [0.5, 0.6) is 0 Å². The minimum atomic E-state index is -0.0522. The topological polar surface area (TPSA) is 20.2 Å². The maximum absolute atomic E-state index is 9.19. The van der Waals surface area contributed by atoms with E-state index in [0.717, 1.165) is 6.42 Å². The van der Waals surface area contributed by atoms with E-state index < -0.39 is 0 Å². The van der Waals surface area contributed by atoms with Crippen LogP contribution in [0, 0.1) is 5.41 Å². The molecule has 0 aliphatic heterocycles. The third kappa shape index (κ3) is 7.61. The van der Waals surface area contributed by atoms with Gasteiger partial charge in [0.05, 0.1) is 6.61 Å². The fourth-order valence-corrected chi connectivity index (χ4v) is 1.73. The molecular weight excluding hydrogens is 184 g/mol. The fourth-order valence-electron chi connectivity index (χ4n) is 1.73. The van der Waals surface area contributed by atoms with E-state index in [2.05, 4.69) is 20.4 Å². The summed E-state index contributed by atoms with van der Waals surface area (Å²) in [6.07, 6.45) is 12.3. The van der Waals surface area contributed by atoms with E-state index in [1.807, 2.05) is 6.08 Å². The Hall–Kier alpha value is -0.300. The lowest BCUT2D eigenvalue weighted by Crippen LogP contribution is -2.17. The summed E-state index contributed by atoms with van der Waals surface area (Å²) >= 11 is 0. The van der Waals surface area contributed by atoms with E-state index in [-0.39, 0.29) is 12.0 Å². The van der Waals surface area contributed by atoms with Crippen LogP contribution in [-0.2, 0) is 0 Å². The van der Waals surface area contributed by atoms with Crippen LogP contribution in [0.3, 0.4) is 0 Å². The summed E-state index contributed by atoms with van der Waals surface area (Å²) in [5.74, 6) is 0. The van der Waals surface area contributed by atoms with E-state index in [1.54, 1.807) is 0 Å². The van der Waals surface area contributed by atoms with Crippen molar-refractivity contribution in [3.63, 3.8) is 0 Å². The predicted octanol–water partition coefficient (Wildman–Crippen LogP) is 4.31. The van der Waals surface area contributed by atoms with Crippen molar-refractivity contribution in [3.05, 3.63) is 12.7 Å². The number of aliphatic hydroxyl groups excluding tert-OH is 1. The van der Waals surface area contributed by atoms with Gasteiger partial charge in [-0.05, 0) is 6.42 Å². The van der Waals surface area contributed by atoms with Gasteiger partial charge in [-0.15, -0.1) is 6.58 Å². The number of hydrogen-bond acceptors (Lipinski definition) is 1. The molecule has 0 aromatic heterocycles. The molecule has 1 heteroatoms. The van der Waals surface area contributed by atoms with Crippen molar-refractivity contribution >= 4 is 0 Å². The van der Waals surface area contributed by atoms with E-state index in [9.17, 15) is 5.11 Å². The van der Waals surface area contributed by atoms with Crippen LogP contribution >= 0.6 is 0 Å². The van der Waals surface area contributed by atoms with Gasteiger partial charge >= 0.3 is 0 Å². The van der Waals surface area contributed by atoms with E-state index in [0.29, 0.717) is 0 Å². The Kier molecular flexibility index (Phi) is 8.79. The first kappa shape index (κ1) is 14.7. The quantitative estimate of drug-likeness (QED) is 0.422. The van der Waals surface area contributed by atoms with Crippen molar-refractivity contribution in [1.29, 1.82) is 0 Å². The molecule has 0 radical (unpaired) electrons. The Labute approximate surface area is 95.6 Å². The molecular formula is C14H28O. The van der Waals surface area contributed by atoms with Gasteiger partial charge in [0.1, 0.15) is 0 Å².